The molecule has 0 bridgehead atoms. The summed E-state index contributed by atoms with van der Waals surface area (Å²) in [6.45, 7) is 4.06. The Hall–Kier alpha value is -1.36. The SMILES string of the molecule is CN1C[C@@H]2c3cccc(c32)C2=C1CN(CC(O)CN)CC2. The van der Waals surface area contributed by atoms with E-state index in [1.165, 1.54) is 16.8 Å². The predicted octanol–water partition coefficient (Wildman–Crippen LogP) is 0.814. The summed E-state index contributed by atoms with van der Waals surface area (Å²) < 4.78 is 0. The van der Waals surface area contributed by atoms with E-state index in [4.69, 9.17) is 5.73 Å². The number of nitrogens with zero attached hydrogens (tertiary/aromatic N) is 2. The summed E-state index contributed by atoms with van der Waals surface area (Å²) in [5.41, 5.74) is 13.1. The Morgan fingerprint density at radius 3 is 3.10 bits per heavy atom. The van der Waals surface area contributed by atoms with E-state index in [0.29, 0.717) is 19.0 Å². The smallest absolute Gasteiger partial charge is 0.0789 e. The lowest BCUT2D eigenvalue weighted by atomic mass is 9.96. The number of nitrogens with two attached hydrogens (primary N) is 1. The molecule has 1 aliphatic carbocycles. The summed E-state index contributed by atoms with van der Waals surface area (Å²) in [4.78, 5) is 4.76. The molecule has 2 heterocycles. The molecule has 3 aliphatic rings. The van der Waals surface area contributed by atoms with Gasteiger partial charge in [0.2, 0.25) is 0 Å². The highest BCUT2D eigenvalue weighted by Crippen LogP contribution is 2.51. The van der Waals surface area contributed by atoms with Crippen molar-refractivity contribution in [3.05, 3.63) is 40.6 Å². The fraction of sp³-hybridized carbons (Fsp3) is 0.529. The second-order valence-electron chi connectivity index (χ2n) is 6.54. The van der Waals surface area contributed by atoms with Gasteiger partial charge >= 0.3 is 0 Å². The van der Waals surface area contributed by atoms with Crippen molar-refractivity contribution in [3.8, 4) is 0 Å². The van der Waals surface area contributed by atoms with Crippen LogP contribution in [0.4, 0.5) is 0 Å². The zero-order valence-corrected chi connectivity index (χ0v) is 12.5. The van der Waals surface area contributed by atoms with Crippen molar-refractivity contribution in [2.75, 3.05) is 39.8 Å². The van der Waals surface area contributed by atoms with E-state index >= 15 is 0 Å². The van der Waals surface area contributed by atoms with Gasteiger partial charge in [-0.1, -0.05) is 18.2 Å². The van der Waals surface area contributed by atoms with Crippen molar-refractivity contribution in [1.29, 1.82) is 0 Å². The fourth-order valence-corrected chi connectivity index (χ4v) is 3.98. The van der Waals surface area contributed by atoms with Crippen LogP contribution < -0.4 is 5.73 Å². The van der Waals surface area contributed by atoms with Gasteiger partial charge in [-0.2, -0.15) is 0 Å². The number of rotatable bonds is 3. The summed E-state index contributed by atoms with van der Waals surface area (Å²) in [5, 5.41) is 9.79. The lowest BCUT2D eigenvalue weighted by molar-refractivity contribution is 0.118. The first-order valence-electron chi connectivity index (χ1n) is 7.86. The first-order chi connectivity index (χ1) is 10.2. The van der Waals surface area contributed by atoms with Crippen molar-refractivity contribution in [2.45, 2.75) is 18.4 Å². The first kappa shape index (κ1) is 13.3. The highest BCUT2D eigenvalue weighted by molar-refractivity contribution is 5.79. The summed E-state index contributed by atoms with van der Waals surface area (Å²) in [5.74, 6) is 0.647. The Morgan fingerprint density at radius 1 is 1.43 bits per heavy atom. The Labute approximate surface area is 125 Å². The topological polar surface area (TPSA) is 52.7 Å². The quantitative estimate of drug-likeness (QED) is 0.863. The molecule has 0 fully saturated rings. The van der Waals surface area contributed by atoms with Crippen LogP contribution in [0.15, 0.2) is 23.9 Å². The number of benzene rings is 1. The van der Waals surface area contributed by atoms with Crippen molar-refractivity contribution in [1.82, 2.24) is 9.80 Å². The molecular formula is C17H23N3O. The standard InChI is InChI=1S/C17H23N3O/c1-19-9-15-14-4-2-3-13(17(14)15)12-5-6-20(10-16(12)19)8-11(21)7-18/h2-4,11,15,21H,5-10,18H2,1H3/t11?,15-/m1/s1. The molecule has 21 heavy (non-hydrogen) atoms. The van der Waals surface area contributed by atoms with Crippen LogP contribution in [-0.2, 0) is 0 Å². The number of β-amino-alcohol motifs (C(OH)–C–C–N with tert-alkyl or cyclic N) is 1. The number of aliphatic hydroxyl groups excluding tert-OH is 1. The zero-order chi connectivity index (χ0) is 14.6. The van der Waals surface area contributed by atoms with Crippen molar-refractivity contribution in [2.24, 2.45) is 5.73 Å². The van der Waals surface area contributed by atoms with Crippen LogP contribution >= 0.6 is 0 Å². The van der Waals surface area contributed by atoms with E-state index in [0.717, 1.165) is 26.1 Å². The van der Waals surface area contributed by atoms with Crippen molar-refractivity contribution >= 4 is 5.57 Å². The average molecular weight is 285 g/mol. The number of hydrogen-bond donors (Lipinski definition) is 2. The lowest BCUT2D eigenvalue weighted by Crippen LogP contribution is -2.42. The van der Waals surface area contributed by atoms with E-state index in [1.807, 2.05) is 0 Å². The number of fused-ring (bicyclic) bond motifs is 2. The van der Waals surface area contributed by atoms with Gasteiger partial charge < -0.3 is 15.7 Å². The van der Waals surface area contributed by atoms with Crippen LogP contribution in [0.3, 0.4) is 0 Å². The van der Waals surface area contributed by atoms with Crippen molar-refractivity contribution in [3.63, 3.8) is 0 Å². The Morgan fingerprint density at radius 2 is 2.29 bits per heavy atom. The van der Waals surface area contributed by atoms with E-state index in [-0.39, 0.29) is 0 Å². The number of aliphatic hydroxyl groups is 1. The maximum atomic E-state index is 9.79. The van der Waals surface area contributed by atoms with Gasteiger partial charge in [0.15, 0.2) is 0 Å². The van der Waals surface area contributed by atoms with Crippen LogP contribution in [0, 0.1) is 0 Å². The van der Waals surface area contributed by atoms with Crippen LogP contribution in [0.1, 0.15) is 29.0 Å². The average Bonchev–Trinajstić information content (AvgIpc) is 3.21. The van der Waals surface area contributed by atoms with E-state index in [2.05, 4.69) is 35.0 Å². The molecule has 4 nitrogen and oxygen atoms in total. The minimum atomic E-state index is -0.414. The normalized spacial score (nSPS) is 25.3. The summed E-state index contributed by atoms with van der Waals surface area (Å²) in [7, 11) is 2.21. The molecule has 0 aromatic heterocycles. The van der Waals surface area contributed by atoms with Gasteiger partial charge in [0.1, 0.15) is 0 Å². The molecule has 2 aliphatic heterocycles. The van der Waals surface area contributed by atoms with Crippen LogP contribution in [0.2, 0.25) is 0 Å². The second-order valence-corrected chi connectivity index (χ2v) is 6.54. The molecule has 0 spiro atoms. The third kappa shape index (κ3) is 2.09. The number of likely N-dealkylation sites (N-methyl/N-ethyl adjacent to an activating group) is 1. The third-order valence-corrected chi connectivity index (χ3v) is 5.16. The fourth-order valence-electron chi connectivity index (χ4n) is 3.98. The molecule has 0 amide bonds. The van der Waals surface area contributed by atoms with Crippen LogP contribution in [0.25, 0.3) is 5.57 Å². The number of hydrogen-bond acceptors (Lipinski definition) is 4. The molecule has 1 aromatic rings. The van der Waals surface area contributed by atoms with E-state index < -0.39 is 6.10 Å². The molecule has 4 rings (SSSR count). The minimum absolute atomic E-state index is 0.340. The van der Waals surface area contributed by atoms with Gasteiger partial charge in [0.05, 0.1) is 6.10 Å². The molecule has 0 saturated carbocycles. The first-order valence-corrected chi connectivity index (χ1v) is 7.86. The molecule has 4 heteroatoms. The monoisotopic (exact) mass is 285 g/mol. The Bertz CT molecular complexity index is 610. The van der Waals surface area contributed by atoms with E-state index in [1.54, 1.807) is 11.1 Å². The van der Waals surface area contributed by atoms with Crippen LogP contribution in [-0.4, -0.2) is 60.8 Å². The Balaban J connectivity index is 1.65. The van der Waals surface area contributed by atoms with Gasteiger partial charge in [-0.25, -0.2) is 0 Å². The maximum Gasteiger partial charge on any atom is 0.0789 e. The summed E-state index contributed by atoms with van der Waals surface area (Å²) in [6, 6.07) is 6.77. The molecular weight excluding hydrogens is 262 g/mol. The molecule has 1 aromatic carbocycles. The van der Waals surface area contributed by atoms with Gasteiger partial charge in [0, 0.05) is 51.4 Å². The summed E-state index contributed by atoms with van der Waals surface area (Å²) >= 11 is 0. The molecule has 1 unspecified atom stereocenters. The van der Waals surface area contributed by atoms with Gasteiger partial charge in [0.25, 0.3) is 0 Å². The molecule has 3 N–H and O–H groups in total. The van der Waals surface area contributed by atoms with Crippen molar-refractivity contribution < 1.29 is 5.11 Å². The zero-order valence-electron chi connectivity index (χ0n) is 12.5. The predicted molar refractivity (Wildman–Crippen MR) is 84.0 cm³/mol. The van der Waals surface area contributed by atoms with Gasteiger partial charge in [-0.15, -0.1) is 0 Å². The van der Waals surface area contributed by atoms with Gasteiger partial charge in [-0.3, -0.25) is 4.90 Å². The van der Waals surface area contributed by atoms with Crippen LogP contribution in [0.5, 0.6) is 0 Å². The maximum absolute atomic E-state index is 9.79. The molecule has 0 saturated heterocycles. The van der Waals surface area contributed by atoms with Gasteiger partial charge in [-0.05, 0) is 28.7 Å². The van der Waals surface area contributed by atoms with E-state index in [9.17, 15) is 5.11 Å². The lowest BCUT2D eigenvalue weighted by Gasteiger charge is -2.35. The third-order valence-electron chi connectivity index (χ3n) is 5.16. The minimum Gasteiger partial charge on any atom is -0.390 e. The molecule has 0 radical (unpaired) electrons. The Kier molecular flexibility index (Phi) is 3.06. The second kappa shape index (κ2) is 4.83. The molecule has 112 valence electrons. The molecule has 2 atom stereocenters. The highest BCUT2D eigenvalue weighted by atomic mass is 16.3. The largest absolute Gasteiger partial charge is 0.390 e. The summed E-state index contributed by atoms with van der Waals surface area (Å²) in [6.07, 6.45) is 0.655. The highest BCUT2D eigenvalue weighted by Gasteiger charge is 2.41.